The van der Waals surface area contributed by atoms with Gasteiger partial charge in [-0.2, -0.15) is 0 Å². The zero-order chi connectivity index (χ0) is 10.8. The summed E-state index contributed by atoms with van der Waals surface area (Å²) < 4.78 is 0. The van der Waals surface area contributed by atoms with Crippen LogP contribution in [0.3, 0.4) is 0 Å². The van der Waals surface area contributed by atoms with Gasteiger partial charge in [-0.3, -0.25) is 19.2 Å². The van der Waals surface area contributed by atoms with Crippen LogP contribution in [-0.4, -0.2) is 23.1 Å². The third-order valence-electron chi connectivity index (χ3n) is 2.11. The molecule has 0 saturated carbocycles. The Balaban J connectivity index is 0. The van der Waals surface area contributed by atoms with Gasteiger partial charge in [-0.25, -0.2) is 0 Å². The van der Waals surface area contributed by atoms with Gasteiger partial charge in [-0.15, -0.1) is 0 Å². The summed E-state index contributed by atoms with van der Waals surface area (Å²) in [6.45, 7) is 4.29. The Kier molecular flexibility index (Phi) is 5.80. The molecular weight excluding hydrogens is 224 g/mol. The van der Waals surface area contributed by atoms with Crippen LogP contribution in [0.1, 0.15) is 27.7 Å². The Morgan fingerprint density at radius 2 is 0.786 bits per heavy atom. The van der Waals surface area contributed by atoms with Crippen LogP contribution in [0, 0.1) is 5.41 Å². The molecule has 5 heteroatoms. The number of carbonyl (C=O) groups is 4. The molecule has 0 unspecified atom stereocenters. The predicted octanol–water partition coefficient (Wildman–Crippen LogP) is 0.326. The number of hydrogen-bond donors (Lipinski definition) is 0. The van der Waals surface area contributed by atoms with E-state index >= 15 is 0 Å². The first-order chi connectivity index (χ1) is 5.77. The van der Waals surface area contributed by atoms with Gasteiger partial charge in [0.15, 0.2) is 23.1 Å². The summed E-state index contributed by atoms with van der Waals surface area (Å²) in [7, 11) is 0. The fourth-order valence-corrected chi connectivity index (χ4v) is 1.49. The van der Waals surface area contributed by atoms with E-state index in [0.29, 0.717) is 0 Å². The van der Waals surface area contributed by atoms with Crippen molar-refractivity contribution in [2.45, 2.75) is 27.7 Å². The Morgan fingerprint density at radius 3 is 0.786 bits per heavy atom. The average molecular weight is 236 g/mol. The molecule has 0 bridgehead atoms. The molecule has 0 aromatic heterocycles. The maximum atomic E-state index is 11.1. The molecule has 4 nitrogen and oxygen atoms in total. The van der Waals surface area contributed by atoms with Gasteiger partial charge in [0.2, 0.25) is 5.41 Å². The third-order valence-corrected chi connectivity index (χ3v) is 2.11. The largest absolute Gasteiger partial charge is 0.298 e. The summed E-state index contributed by atoms with van der Waals surface area (Å²) in [4.78, 5) is 44.5. The minimum absolute atomic E-state index is 0. The van der Waals surface area contributed by atoms with Gasteiger partial charge in [0.25, 0.3) is 0 Å². The molecule has 0 aliphatic heterocycles. The van der Waals surface area contributed by atoms with Crippen molar-refractivity contribution in [1.82, 2.24) is 0 Å². The number of Topliss-reactive ketones (excluding diaryl/α,β-unsaturated/α-hetero) is 4. The van der Waals surface area contributed by atoms with Crippen molar-refractivity contribution in [1.29, 1.82) is 0 Å². The molecule has 0 aliphatic carbocycles. The molecule has 0 N–H and O–H groups in total. The monoisotopic (exact) mass is 236 g/mol. The summed E-state index contributed by atoms with van der Waals surface area (Å²) in [6, 6.07) is 0. The van der Waals surface area contributed by atoms with Crippen molar-refractivity contribution in [3.8, 4) is 0 Å². The second-order valence-corrected chi connectivity index (χ2v) is 2.97. The van der Waals surface area contributed by atoms with E-state index in [0.717, 1.165) is 27.7 Å². The van der Waals surface area contributed by atoms with E-state index in [9.17, 15) is 19.2 Å². The van der Waals surface area contributed by atoms with Crippen LogP contribution in [0.4, 0.5) is 0 Å². The first kappa shape index (κ1) is 15.7. The van der Waals surface area contributed by atoms with Crippen molar-refractivity contribution in [2.75, 3.05) is 0 Å². The molecule has 14 heavy (non-hydrogen) atoms. The first-order valence-corrected chi connectivity index (χ1v) is 3.82. The van der Waals surface area contributed by atoms with Crippen molar-refractivity contribution in [3.05, 3.63) is 0 Å². The normalized spacial score (nSPS) is 10.0. The van der Waals surface area contributed by atoms with Crippen LogP contribution in [0.2, 0.25) is 0 Å². The van der Waals surface area contributed by atoms with Crippen molar-refractivity contribution in [3.63, 3.8) is 0 Å². The smallest absolute Gasteiger partial charge is 0.202 e. The minimum Gasteiger partial charge on any atom is -0.298 e. The SMILES string of the molecule is CC(=O)C(C(C)=O)(C(C)=O)C(C)=O.[Cr]. The fraction of sp³-hybridized carbons (Fsp3) is 0.556. The van der Waals surface area contributed by atoms with Crippen LogP contribution in [0.5, 0.6) is 0 Å². The van der Waals surface area contributed by atoms with E-state index in [1.807, 2.05) is 0 Å². The number of rotatable bonds is 4. The van der Waals surface area contributed by atoms with Crippen LogP contribution in [-0.2, 0) is 36.5 Å². The average Bonchev–Trinajstić information content (AvgIpc) is 1.82. The van der Waals surface area contributed by atoms with Gasteiger partial charge < -0.3 is 0 Å². The minimum atomic E-state index is -2.06. The molecule has 0 aromatic carbocycles. The molecule has 0 atom stereocenters. The molecule has 0 spiro atoms. The molecule has 0 fully saturated rings. The summed E-state index contributed by atoms with van der Waals surface area (Å²) in [6.07, 6.45) is 0. The summed E-state index contributed by atoms with van der Waals surface area (Å²) in [5.41, 5.74) is -2.06. The predicted molar refractivity (Wildman–Crippen MR) is 45.2 cm³/mol. The quantitative estimate of drug-likeness (QED) is 0.659. The molecule has 0 amide bonds. The molecule has 0 rings (SSSR count). The first-order valence-electron chi connectivity index (χ1n) is 3.82. The zero-order valence-electron chi connectivity index (χ0n) is 8.54. The summed E-state index contributed by atoms with van der Waals surface area (Å²) in [5, 5.41) is 0. The van der Waals surface area contributed by atoms with Crippen LogP contribution >= 0.6 is 0 Å². The van der Waals surface area contributed by atoms with Crippen molar-refractivity contribution >= 4 is 23.1 Å². The third kappa shape index (κ3) is 2.17. The maximum Gasteiger partial charge on any atom is 0.202 e. The van der Waals surface area contributed by atoms with E-state index in [-0.39, 0.29) is 17.4 Å². The van der Waals surface area contributed by atoms with Gasteiger partial charge in [-0.05, 0) is 27.7 Å². The van der Waals surface area contributed by atoms with Crippen LogP contribution in [0.15, 0.2) is 0 Å². The molecule has 78 valence electrons. The Morgan fingerprint density at radius 1 is 0.643 bits per heavy atom. The van der Waals surface area contributed by atoms with E-state index in [1.165, 1.54) is 0 Å². The number of carbonyl (C=O) groups excluding carboxylic acids is 4. The van der Waals surface area contributed by atoms with Gasteiger partial charge in [0.05, 0.1) is 0 Å². The van der Waals surface area contributed by atoms with Gasteiger partial charge in [-0.1, -0.05) is 0 Å². The molecule has 0 aliphatic rings. The number of ketones is 4. The zero-order valence-corrected chi connectivity index (χ0v) is 9.82. The second kappa shape index (κ2) is 5.18. The summed E-state index contributed by atoms with van der Waals surface area (Å²) >= 11 is 0. The Hall–Kier alpha value is -0.788. The fourth-order valence-electron chi connectivity index (χ4n) is 1.49. The van der Waals surface area contributed by atoms with Crippen LogP contribution in [0.25, 0.3) is 0 Å². The van der Waals surface area contributed by atoms with E-state index in [1.54, 1.807) is 0 Å². The topological polar surface area (TPSA) is 68.3 Å². The Labute approximate surface area is 93.2 Å². The van der Waals surface area contributed by atoms with Crippen molar-refractivity contribution in [2.24, 2.45) is 5.41 Å². The van der Waals surface area contributed by atoms with Gasteiger partial charge in [0.1, 0.15) is 0 Å². The van der Waals surface area contributed by atoms with Crippen LogP contribution < -0.4 is 0 Å². The molecule has 0 heterocycles. The molecular formula is C9H12CrO4. The molecule has 0 radical (unpaired) electrons. The van der Waals surface area contributed by atoms with E-state index in [2.05, 4.69) is 0 Å². The van der Waals surface area contributed by atoms with E-state index in [4.69, 9.17) is 0 Å². The van der Waals surface area contributed by atoms with Gasteiger partial charge in [0, 0.05) is 17.4 Å². The molecule has 0 saturated heterocycles. The van der Waals surface area contributed by atoms with Gasteiger partial charge >= 0.3 is 0 Å². The molecule has 0 aromatic rings. The van der Waals surface area contributed by atoms with Crippen molar-refractivity contribution < 1.29 is 36.5 Å². The summed E-state index contributed by atoms with van der Waals surface area (Å²) in [5.74, 6) is -2.83. The maximum absolute atomic E-state index is 11.1. The number of hydrogen-bond acceptors (Lipinski definition) is 4. The standard InChI is InChI=1S/C9H12O4.Cr/c1-5(10)9(6(2)11,7(3)12)8(4)13;/h1-4H3;. The Bertz CT molecular complexity index is 232. The van der Waals surface area contributed by atoms with E-state index < -0.39 is 28.5 Å². The second-order valence-electron chi connectivity index (χ2n) is 2.97.